The number of methoxy groups -OCH3 is 1. The lowest BCUT2D eigenvalue weighted by molar-refractivity contribution is -0.136. The van der Waals surface area contributed by atoms with Gasteiger partial charge in [-0.05, 0) is 49.2 Å². The number of carbonyl (C=O) groups excluding carboxylic acids is 1. The van der Waals surface area contributed by atoms with E-state index in [9.17, 15) is 9.59 Å². The average molecular weight is 338 g/mol. The molecule has 2 aromatic heterocycles. The van der Waals surface area contributed by atoms with Crippen LogP contribution in [0.1, 0.15) is 28.2 Å². The number of pyridine rings is 1. The van der Waals surface area contributed by atoms with Crippen LogP contribution in [-0.4, -0.2) is 33.6 Å². The first kappa shape index (κ1) is 16.7. The third-order valence-corrected chi connectivity index (χ3v) is 4.22. The Balaban J connectivity index is 2.19. The molecule has 128 valence electrons. The standard InChI is InChI=1S/C19H18N2O4/c1-12-14(7-9-18(22)23)15-11-13(25-2)6-8-17(15)21(12)19(24)16-5-3-4-10-20-16/h3-6,8,10-11H,7,9H2,1-2H3,(H,22,23). The van der Waals surface area contributed by atoms with Crippen LogP contribution in [0.15, 0.2) is 42.6 Å². The lowest BCUT2D eigenvalue weighted by Crippen LogP contribution is -2.15. The van der Waals surface area contributed by atoms with Crippen LogP contribution in [0.5, 0.6) is 5.75 Å². The van der Waals surface area contributed by atoms with Gasteiger partial charge in [-0.1, -0.05) is 6.07 Å². The van der Waals surface area contributed by atoms with E-state index in [0.29, 0.717) is 23.4 Å². The quantitative estimate of drug-likeness (QED) is 0.773. The number of aliphatic carboxylic acids is 1. The summed E-state index contributed by atoms with van der Waals surface area (Å²) in [5, 5.41) is 9.85. The Bertz CT molecular complexity index is 945. The highest BCUT2D eigenvalue weighted by Crippen LogP contribution is 2.30. The van der Waals surface area contributed by atoms with E-state index in [1.807, 2.05) is 19.1 Å². The van der Waals surface area contributed by atoms with Gasteiger partial charge in [-0.15, -0.1) is 0 Å². The number of ether oxygens (including phenoxy) is 1. The van der Waals surface area contributed by atoms with Gasteiger partial charge in [0.2, 0.25) is 0 Å². The van der Waals surface area contributed by atoms with Gasteiger partial charge in [-0.25, -0.2) is 0 Å². The summed E-state index contributed by atoms with van der Waals surface area (Å²) in [7, 11) is 1.57. The number of carbonyl (C=O) groups is 2. The Morgan fingerprint density at radius 1 is 1.24 bits per heavy atom. The normalized spacial score (nSPS) is 10.8. The molecule has 1 aromatic carbocycles. The van der Waals surface area contributed by atoms with Crippen molar-refractivity contribution in [3.63, 3.8) is 0 Å². The van der Waals surface area contributed by atoms with Crippen molar-refractivity contribution in [2.45, 2.75) is 19.8 Å². The Kier molecular flexibility index (Phi) is 4.52. The van der Waals surface area contributed by atoms with Gasteiger partial charge in [0.1, 0.15) is 11.4 Å². The molecule has 0 saturated carbocycles. The van der Waals surface area contributed by atoms with Crippen molar-refractivity contribution in [1.82, 2.24) is 9.55 Å². The molecule has 6 nitrogen and oxygen atoms in total. The van der Waals surface area contributed by atoms with Gasteiger partial charge in [0.05, 0.1) is 12.6 Å². The molecule has 25 heavy (non-hydrogen) atoms. The van der Waals surface area contributed by atoms with Gasteiger partial charge in [0, 0.05) is 23.7 Å². The zero-order chi connectivity index (χ0) is 18.0. The second kappa shape index (κ2) is 6.76. The van der Waals surface area contributed by atoms with E-state index in [1.165, 1.54) is 0 Å². The van der Waals surface area contributed by atoms with E-state index in [-0.39, 0.29) is 12.3 Å². The summed E-state index contributed by atoms with van der Waals surface area (Å²) in [6.45, 7) is 1.82. The fraction of sp³-hybridized carbons (Fsp3) is 0.211. The van der Waals surface area contributed by atoms with E-state index >= 15 is 0 Å². The van der Waals surface area contributed by atoms with Crippen LogP contribution in [0.4, 0.5) is 0 Å². The highest BCUT2D eigenvalue weighted by Gasteiger charge is 2.21. The lowest BCUT2D eigenvalue weighted by Gasteiger charge is -2.07. The zero-order valence-corrected chi connectivity index (χ0v) is 14.0. The molecule has 0 atom stereocenters. The molecule has 3 aromatic rings. The van der Waals surface area contributed by atoms with E-state index in [1.54, 1.807) is 42.1 Å². The van der Waals surface area contributed by atoms with Crippen LogP contribution >= 0.6 is 0 Å². The Labute approximate surface area is 144 Å². The van der Waals surface area contributed by atoms with Crippen LogP contribution in [-0.2, 0) is 11.2 Å². The minimum Gasteiger partial charge on any atom is -0.497 e. The molecule has 0 radical (unpaired) electrons. The second-order valence-electron chi connectivity index (χ2n) is 5.70. The smallest absolute Gasteiger partial charge is 0.303 e. The van der Waals surface area contributed by atoms with Crippen LogP contribution in [0, 0.1) is 6.92 Å². The van der Waals surface area contributed by atoms with Crippen molar-refractivity contribution in [2.24, 2.45) is 0 Å². The molecule has 0 aliphatic heterocycles. The largest absolute Gasteiger partial charge is 0.497 e. The molecule has 1 N–H and O–H groups in total. The molecule has 2 heterocycles. The number of aryl methyl sites for hydroxylation is 1. The SMILES string of the molecule is COc1ccc2c(c1)c(CCC(=O)O)c(C)n2C(=O)c1ccccn1. The summed E-state index contributed by atoms with van der Waals surface area (Å²) in [5.74, 6) is -0.458. The van der Waals surface area contributed by atoms with Crippen molar-refractivity contribution in [1.29, 1.82) is 0 Å². The molecule has 0 fully saturated rings. The fourth-order valence-electron chi connectivity index (χ4n) is 3.00. The number of rotatable bonds is 5. The summed E-state index contributed by atoms with van der Waals surface area (Å²) >= 11 is 0. The van der Waals surface area contributed by atoms with E-state index in [0.717, 1.165) is 16.6 Å². The summed E-state index contributed by atoms with van der Waals surface area (Å²) in [6.07, 6.45) is 1.91. The van der Waals surface area contributed by atoms with E-state index < -0.39 is 5.97 Å². The van der Waals surface area contributed by atoms with Gasteiger partial charge in [-0.2, -0.15) is 0 Å². The monoisotopic (exact) mass is 338 g/mol. The Morgan fingerprint density at radius 2 is 2.04 bits per heavy atom. The van der Waals surface area contributed by atoms with Crippen molar-refractivity contribution >= 4 is 22.8 Å². The van der Waals surface area contributed by atoms with E-state index in [2.05, 4.69) is 4.98 Å². The molecule has 0 aliphatic carbocycles. The van der Waals surface area contributed by atoms with Gasteiger partial charge < -0.3 is 9.84 Å². The summed E-state index contributed by atoms with van der Waals surface area (Å²) in [5.41, 5.74) is 2.61. The van der Waals surface area contributed by atoms with Crippen LogP contribution in [0.2, 0.25) is 0 Å². The molecule has 3 rings (SSSR count). The maximum absolute atomic E-state index is 12.9. The number of hydrogen-bond acceptors (Lipinski definition) is 4. The topological polar surface area (TPSA) is 81.4 Å². The fourth-order valence-corrected chi connectivity index (χ4v) is 3.00. The molecule has 0 saturated heterocycles. The van der Waals surface area contributed by atoms with Crippen LogP contribution < -0.4 is 4.74 Å². The van der Waals surface area contributed by atoms with Crippen molar-refractivity contribution in [2.75, 3.05) is 7.11 Å². The number of carboxylic acid groups (broad SMARTS) is 1. The summed E-state index contributed by atoms with van der Waals surface area (Å²) < 4.78 is 6.87. The average Bonchev–Trinajstić information content (AvgIpc) is 2.90. The highest BCUT2D eigenvalue weighted by atomic mass is 16.5. The van der Waals surface area contributed by atoms with Crippen molar-refractivity contribution in [3.8, 4) is 5.75 Å². The number of aromatic nitrogens is 2. The predicted octanol–water partition coefficient (Wildman–Crippen LogP) is 3.06. The molecule has 0 amide bonds. The summed E-state index contributed by atoms with van der Waals surface area (Å²) in [6, 6.07) is 10.6. The molecular formula is C19H18N2O4. The Morgan fingerprint density at radius 3 is 2.68 bits per heavy atom. The van der Waals surface area contributed by atoms with Crippen molar-refractivity contribution < 1.29 is 19.4 Å². The molecule has 6 heteroatoms. The van der Waals surface area contributed by atoms with Gasteiger partial charge >= 0.3 is 5.97 Å². The first-order valence-electron chi connectivity index (χ1n) is 7.88. The summed E-state index contributed by atoms with van der Waals surface area (Å²) in [4.78, 5) is 28.1. The maximum Gasteiger partial charge on any atom is 0.303 e. The van der Waals surface area contributed by atoms with Gasteiger partial charge in [-0.3, -0.25) is 19.1 Å². The maximum atomic E-state index is 12.9. The number of hydrogen-bond donors (Lipinski definition) is 1. The van der Waals surface area contributed by atoms with Crippen LogP contribution in [0.25, 0.3) is 10.9 Å². The van der Waals surface area contributed by atoms with Gasteiger partial charge in [0.15, 0.2) is 0 Å². The molecular weight excluding hydrogens is 320 g/mol. The molecule has 0 aliphatic rings. The molecule has 0 unspecified atom stereocenters. The highest BCUT2D eigenvalue weighted by molar-refractivity contribution is 6.03. The van der Waals surface area contributed by atoms with E-state index in [4.69, 9.17) is 9.84 Å². The minimum absolute atomic E-state index is 0.00502. The number of benzene rings is 1. The molecule has 0 bridgehead atoms. The lowest BCUT2D eigenvalue weighted by atomic mass is 10.1. The second-order valence-corrected chi connectivity index (χ2v) is 5.70. The van der Waals surface area contributed by atoms with Crippen molar-refractivity contribution in [3.05, 3.63) is 59.5 Å². The Hall–Kier alpha value is -3.15. The first-order valence-corrected chi connectivity index (χ1v) is 7.88. The number of carboxylic acids is 1. The number of nitrogens with zero attached hydrogens (tertiary/aromatic N) is 2. The minimum atomic E-state index is -0.876. The molecule has 0 spiro atoms. The predicted molar refractivity (Wildman–Crippen MR) is 93.1 cm³/mol. The van der Waals surface area contributed by atoms with Crippen LogP contribution in [0.3, 0.4) is 0 Å². The third kappa shape index (κ3) is 3.10. The number of fused-ring (bicyclic) bond motifs is 1. The first-order chi connectivity index (χ1) is 12.0. The zero-order valence-electron chi connectivity index (χ0n) is 14.0. The van der Waals surface area contributed by atoms with Gasteiger partial charge in [0.25, 0.3) is 5.91 Å². The third-order valence-electron chi connectivity index (χ3n) is 4.22.